The van der Waals surface area contributed by atoms with Gasteiger partial charge in [0.25, 0.3) is 0 Å². The molecule has 6 heteroatoms. The summed E-state index contributed by atoms with van der Waals surface area (Å²) in [7, 11) is 1.99. The van der Waals surface area contributed by atoms with Gasteiger partial charge in [0.15, 0.2) is 0 Å². The molecular weight excluding hydrogens is 312 g/mol. The number of likely N-dealkylation sites (N-methyl/N-ethyl adjacent to an activating group) is 1. The van der Waals surface area contributed by atoms with Crippen molar-refractivity contribution >= 4 is 29.2 Å². The molecule has 0 aliphatic carbocycles. The van der Waals surface area contributed by atoms with Crippen LogP contribution in [0.25, 0.3) is 10.9 Å². The third-order valence-electron chi connectivity index (χ3n) is 4.03. The number of para-hydroxylation sites is 1. The molecule has 0 atom stereocenters. The second kappa shape index (κ2) is 8.24. The number of fused-ring (bicyclic) bond motifs is 1. The van der Waals surface area contributed by atoms with Gasteiger partial charge in [-0.3, -0.25) is 14.7 Å². The quantitative estimate of drug-likeness (QED) is 0.921. The molecule has 124 valence electrons. The number of carbonyl (C=O) groups excluding carboxylic acids is 1. The van der Waals surface area contributed by atoms with Crippen molar-refractivity contribution in [2.45, 2.75) is 6.54 Å². The number of benzene rings is 1. The number of hydrogen-bond donors (Lipinski definition) is 1. The normalized spacial score (nSPS) is 14.8. The topological polar surface area (TPSA) is 48.5 Å². The van der Waals surface area contributed by atoms with E-state index >= 15 is 0 Å². The second-order valence-electron chi connectivity index (χ2n) is 5.80. The SMILES string of the molecule is CN(CC(=O)N1CCNCC1)Cc1cccc2cccnc12.Cl. The lowest BCUT2D eigenvalue weighted by Crippen LogP contribution is -2.49. The molecule has 1 aliphatic rings. The van der Waals surface area contributed by atoms with Gasteiger partial charge in [-0.2, -0.15) is 0 Å². The summed E-state index contributed by atoms with van der Waals surface area (Å²) in [5.41, 5.74) is 2.18. The zero-order valence-electron chi connectivity index (χ0n) is 13.4. The Morgan fingerprint density at radius 3 is 2.78 bits per heavy atom. The van der Waals surface area contributed by atoms with Crippen LogP contribution < -0.4 is 5.32 Å². The van der Waals surface area contributed by atoms with Crippen LogP contribution in [0.3, 0.4) is 0 Å². The van der Waals surface area contributed by atoms with E-state index in [0.717, 1.165) is 49.2 Å². The molecule has 23 heavy (non-hydrogen) atoms. The number of rotatable bonds is 4. The highest BCUT2D eigenvalue weighted by Gasteiger charge is 2.17. The first-order chi connectivity index (χ1) is 10.7. The maximum atomic E-state index is 12.3. The number of nitrogens with one attached hydrogen (secondary N) is 1. The highest BCUT2D eigenvalue weighted by molar-refractivity contribution is 5.85. The van der Waals surface area contributed by atoms with Crippen LogP contribution in [0.15, 0.2) is 36.5 Å². The third-order valence-corrected chi connectivity index (χ3v) is 4.03. The lowest BCUT2D eigenvalue weighted by Gasteiger charge is -2.29. The summed E-state index contributed by atoms with van der Waals surface area (Å²) in [4.78, 5) is 20.8. The van der Waals surface area contributed by atoms with E-state index in [2.05, 4.69) is 33.4 Å². The van der Waals surface area contributed by atoms with Crippen molar-refractivity contribution < 1.29 is 4.79 Å². The van der Waals surface area contributed by atoms with Gasteiger partial charge in [0, 0.05) is 44.3 Å². The maximum absolute atomic E-state index is 12.3. The molecular formula is C17H23ClN4O. The fourth-order valence-electron chi connectivity index (χ4n) is 2.89. The van der Waals surface area contributed by atoms with Gasteiger partial charge in [0.1, 0.15) is 0 Å². The Balaban J connectivity index is 0.00000192. The highest BCUT2D eigenvalue weighted by Crippen LogP contribution is 2.17. The summed E-state index contributed by atoms with van der Waals surface area (Å²) in [6, 6.07) is 10.2. The van der Waals surface area contributed by atoms with Gasteiger partial charge >= 0.3 is 0 Å². The van der Waals surface area contributed by atoms with Crippen molar-refractivity contribution in [2.24, 2.45) is 0 Å². The van der Waals surface area contributed by atoms with Crippen molar-refractivity contribution in [3.05, 3.63) is 42.1 Å². The average Bonchev–Trinajstić information content (AvgIpc) is 2.56. The molecule has 5 nitrogen and oxygen atoms in total. The minimum absolute atomic E-state index is 0. The summed E-state index contributed by atoms with van der Waals surface area (Å²) < 4.78 is 0. The molecule has 0 unspecified atom stereocenters. The van der Waals surface area contributed by atoms with E-state index in [4.69, 9.17) is 0 Å². The van der Waals surface area contributed by atoms with Crippen molar-refractivity contribution in [2.75, 3.05) is 39.8 Å². The molecule has 3 rings (SSSR count). The van der Waals surface area contributed by atoms with E-state index in [1.807, 2.05) is 30.3 Å². The lowest BCUT2D eigenvalue weighted by atomic mass is 10.1. The predicted octanol–water partition coefficient (Wildman–Crippen LogP) is 1.52. The summed E-state index contributed by atoms with van der Waals surface area (Å²) >= 11 is 0. The first-order valence-corrected chi connectivity index (χ1v) is 7.74. The Bertz CT molecular complexity index is 653. The molecule has 0 saturated carbocycles. The standard InChI is InChI=1S/C17H22N4O.ClH/c1-20(13-16(22)21-10-8-18-9-11-21)12-15-5-2-4-14-6-3-7-19-17(14)15;/h2-7,18H,8-13H2,1H3;1H. The van der Waals surface area contributed by atoms with Crippen LogP contribution >= 0.6 is 12.4 Å². The Labute approximate surface area is 143 Å². The number of carbonyl (C=O) groups is 1. The molecule has 1 aliphatic heterocycles. The smallest absolute Gasteiger partial charge is 0.236 e. The van der Waals surface area contributed by atoms with Crippen LogP contribution in [-0.4, -0.2) is 60.5 Å². The van der Waals surface area contributed by atoms with E-state index in [1.165, 1.54) is 0 Å². The first kappa shape index (κ1) is 17.7. The number of amides is 1. The Kier molecular flexibility index (Phi) is 6.33. The second-order valence-corrected chi connectivity index (χ2v) is 5.80. The molecule has 1 amide bonds. The minimum atomic E-state index is 0. The molecule has 0 spiro atoms. The fourth-order valence-corrected chi connectivity index (χ4v) is 2.89. The summed E-state index contributed by atoms with van der Waals surface area (Å²) in [6.07, 6.45) is 1.82. The minimum Gasteiger partial charge on any atom is -0.339 e. The number of pyridine rings is 1. The van der Waals surface area contributed by atoms with Crippen molar-refractivity contribution in [1.29, 1.82) is 0 Å². The zero-order chi connectivity index (χ0) is 15.4. The largest absolute Gasteiger partial charge is 0.339 e. The van der Waals surface area contributed by atoms with Gasteiger partial charge in [-0.25, -0.2) is 0 Å². The monoisotopic (exact) mass is 334 g/mol. The van der Waals surface area contributed by atoms with E-state index < -0.39 is 0 Å². The summed E-state index contributed by atoms with van der Waals surface area (Å²) in [5.74, 6) is 0.206. The van der Waals surface area contributed by atoms with Gasteiger partial charge < -0.3 is 10.2 Å². The van der Waals surface area contributed by atoms with Gasteiger partial charge in [-0.15, -0.1) is 12.4 Å². The highest BCUT2D eigenvalue weighted by atomic mass is 35.5. The van der Waals surface area contributed by atoms with E-state index in [9.17, 15) is 4.79 Å². The molecule has 1 aromatic carbocycles. The number of hydrogen-bond acceptors (Lipinski definition) is 4. The Morgan fingerprint density at radius 2 is 2.00 bits per heavy atom. The Morgan fingerprint density at radius 1 is 1.26 bits per heavy atom. The fraction of sp³-hybridized carbons (Fsp3) is 0.412. The van der Waals surface area contributed by atoms with Crippen LogP contribution in [0.1, 0.15) is 5.56 Å². The molecule has 1 saturated heterocycles. The van der Waals surface area contributed by atoms with E-state index in [-0.39, 0.29) is 18.3 Å². The van der Waals surface area contributed by atoms with Crippen LogP contribution in [0, 0.1) is 0 Å². The number of piperazine rings is 1. The molecule has 1 fully saturated rings. The van der Waals surface area contributed by atoms with Gasteiger partial charge in [0.2, 0.25) is 5.91 Å². The van der Waals surface area contributed by atoms with Crippen LogP contribution in [-0.2, 0) is 11.3 Å². The van der Waals surface area contributed by atoms with Crippen molar-refractivity contribution in [3.63, 3.8) is 0 Å². The van der Waals surface area contributed by atoms with E-state index in [1.54, 1.807) is 0 Å². The summed E-state index contributed by atoms with van der Waals surface area (Å²) in [5, 5.41) is 4.41. The van der Waals surface area contributed by atoms with Crippen molar-refractivity contribution in [1.82, 2.24) is 20.1 Å². The molecule has 2 heterocycles. The molecule has 1 aromatic heterocycles. The molecule has 1 N–H and O–H groups in total. The van der Waals surface area contributed by atoms with Crippen LogP contribution in [0.4, 0.5) is 0 Å². The van der Waals surface area contributed by atoms with Gasteiger partial charge in [-0.05, 0) is 18.7 Å². The van der Waals surface area contributed by atoms with E-state index in [0.29, 0.717) is 6.54 Å². The average molecular weight is 335 g/mol. The van der Waals surface area contributed by atoms with Gasteiger partial charge in [-0.1, -0.05) is 24.3 Å². The maximum Gasteiger partial charge on any atom is 0.236 e. The molecule has 2 aromatic rings. The summed E-state index contributed by atoms with van der Waals surface area (Å²) in [6.45, 7) is 4.58. The number of nitrogens with zero attached hydrogens (tertiary/aromatic N) is 3. The number of aromatic nitrogens is 1. The lowest BCUT2D eigenvalue weighted by molar-refractivity contribution is -0.132. The predicted molar refractivity (Wildman–Crippen MR) is 94.8 cm³/mol. The molecule has 0 bridgehead atoms. The third kappa shape index (κ3) is 4.41. The van der Waals surface area contributed by atoms with Gasteiger partial charge in [0.05, 0.1) is 12.1 Å². The van der Waals surface area contributed by atoms with Crippen molar-refractivity contribution in [3.8, 4) is 0 Å². The molecule has 0 radical (unpaired) electrons. The zero-order valence-corrected chi connectivity index (χ0v) is 14.2. The number of halogens is 1. The van der Waals surface area contributed by atoms with Crippen LogP contribution in [0.2, 0.25) is 0 Å². The van der Waals surface area contributed by atoms with Crippen LogP contribution in [0.5, 0.6) is 0 Å². The first-order valence-electron chi connectivity index (χ1n) is 7.74. The Hall–Kier alpha value is -1.69.